The van der Waals surface area contributed by atoms with E-state index in [1.165, 1.54) is 30.7 Å². The molecule has 1 N–H and O–H groups in total. The van der Waals surface area contributed by atoms with Crippen LogP contribution in [0, 0.1) is 11.3 Å². The number of anilines is 1. The summed E-state index contributed by atoms with van der Waals surface area (Å²) in [5, 5.41) is 12.6. The van der Waals surface area contributed by atoms with Gasteiger partial charge in [-0.05, 0) is 25.2 Å². The monoisotopic (exact) mass is 232 g/mol. The highest BCUT2D eigenvalue weighted by Gasteiger charge is 2.22. The Bertz CT molecular complexity index is 446. The second kappa shape index (κ2) is 4.99. The zero-order valence-corrected chi connectivity index (χ0v) is 9.79. The topological polar surface area (TPSA) is 61.6 Å². The Morgan fingerprint density at radius 2 is 2.44 bits per heavy atom. The standard InChI is InChI=1S/C11H12N4S/c1-16-11-13-7-8(3-2-6-12)10(15-11)14-9-4-5-9/h2-3,7,9H,4-5H2,1H3,(H,13,14,15). The molecule has 0 amide bonds. The number of thioether (sulfide) groups is 1. The van der Waals surface area contributed by atoms with E-state index >= 15 is 0 Å². The lowest BCUT2D eigenvalue weighted by atomic mass is 10.3. The molecule has 16 heavy (non-hydrogen) atoms. The maximum absolute atomic E-state index is 8.51. The highest BCUT2D eigenvalue weighted by Crippen LogP contribution is 2.26. The predicted molar refractivity (Wildman–Crippen MR) is 65.1 cm³/mol. The molecule has 1 aliphatic rings. The molecule has 2 rings (SSSR count). The zero-order chi connectivity index (χ0) is 11.4. The zero-order valence-electron chi connectivity index (χ0n) is 8.97. The van der Waals surface area contributed by atoms with Gasteiger partial charge >= 0.3 is 0 Å². The van der Waals surface area contributed by atoms with Gasteiger partial charge in [-0.3, -0.25) is 0 Å². The number of aromatic nitrogens is 2. The van der Waals surface area contributed by atoms with E-state index in [9.17, 15) is 0 Å². The molecule has 0 aliphatic heterocycles. The van der Waals surface area contributed by atoms with Crippen LogP contribution in [0.1, 0.15) is 18.4 Å². The van der Waals surface area contributed by atoms with Gasteiger partial charge in [-0.2, -0.15) is 5.26 Å². The summed E-state index contributed by atoms with van der Waals surface area (Å²) >= 11 is 1.51. The number of rotatable bonds is 4. The van der Waals surface area contributed by atoms with Crippen molar-refractivity contribution in [2.75, 3.05) is 11.6 Å². The quantitative estimate of drug-likeness (QED) is 0.490. The molecule has 0 unspecified atom stereocenters. The second-order valence-electron chi connectivity index (χ2n) is 3.54. The van der Waals surface area contributed by atoms with Gasteiger partial charge in [0.1, 0.15) is 5.82 Å². The van der Waals surface area contributed by atoms with Gasteiger partial charge in [0, 0.05) is 23.9 Å². The van der Waals surface area contributed by atoms with Gasteiger partial charge < -0.3 is 5.32 Å². The highest BCUT2D eigenvalue weighted by atomic mass is 32.2. The van der Waals surface area contributed by atoms with Crippen molar-refractivity contribution in [3.8, 4) is 6.07 Å². The average molecular weight is 232 g/mol. The maximum atomic E-state index is 8.51. The van der Waals surface area contributed by atoms with E-state index in [0.29, 0.717) is 6.04 Å². The highest BCUT2D eigenvalue weighted by molar-refractivity contribution is 7.98. The van der Waals surface area contributed by atoms with E-state index in [1.54, 1.807) is 12.3 Å². The molecule has 1 fully saturated rings. The van der Waals surface area contributed by atoms with Gasteiger partial charge in [-0.25, -0.2) is 9.97 Å². The number of nitrogens with zero attached hydrogens (tertiary/aromatic N) is 3. The molecule has 0 radical (unpaired) electrons. The molecule has 82 valence electrons. The molecule has 1 aliphatic carbocycles. The Morgan fingerprint density at radius 3 is 3.06 bits per heavy atom. The van der Waals surface area contributed by atoms with Crippen molar-refractivity contribution in [1.82, 2.24) is 9.97 Å². The summed E-state index contributed by atoms with van der Waals surface area (Å²) in [4.78, 5) is 8.59. The van der Waals surface area contributed by atoms with Crippen molar-refractivity contribution >= 4 is 23.7 Å². The number of hydrogen-bond donors (Lipinski definition) is 1. The van der Waals surface area contributed by atoms with E-state index in [1.807, 2.05) is 12.3 Å². The van der Waals surface area contributed by atoms with Crippen molar-refractivity contribution in [1.29, 1.82) is 5.26 Å². The van der Waals surface area contributed by atoms with Crippen LogP contribution < -0.4 is 5.32 Å². The summed E-state index contributed by atoms with van der Waals surface area (Å²) in [6, 6.07) is 2.51. The summed E-state index contributed by atoms with van der Waals surface area (Å²) in [6.07, 6.45) is 9.25. The second-order valence-corrected chi connectivity index (χ2v) is 4.32. The van der Waals surface area contributed by atoms with Crippen LogP contribution in [-0.2, 0) is 0 Å². The van der Waals surface area contributed by atoms with Crippen molar-refractivity contribution in [2.24, 2.45) is 0 Å². The fourth-order valence-electron chi connectivity index (χ4n) is 1.26. The lowest BCUT2D eigenvalue weighted by Crippen LogP contribution is -2.06. The first-order valence-corrected chi connectivity index (χ1v) is 6.29. The van der Waals surface area contributed by atoms with Gasteiger partial charge in [0.05, 0.1) is 6.07 Å². The van der Waals surface area contributed by atoms with Gasteiger partial charge in [-0.15, -0.1) is 0 Å². The molecule has 0 bridgehead atoms. The van der Waals surface area contributed by atoms with Crippen LogP contribution in [-0.4, -0.2) is 22.3 Å². The van der Waals surface area contributed by atoms with Gasteiger partial charge in [0.15, 0.2) is 5.16 Å². The third-order valence-electron chi connectivity index (χ3n) is 2.23. The molecular formula is C11H12N4S. The Morgan fingerprint density at radius 1 is 1.62 bits per heavy atom. The lowest BCUT2D eigenvalue weighted by Gasteiger charge is -2.07. The number of allylic oxidation sites excluding steroid dienone is 1. The Hall–Kier alpha value is -1.54. The normalized spacial score (nSPS) is 15.0. The number of hydrogen-bond acceptors (Lipinski definition) is 5. The van der Waals surface area contributed by atoms with E-state index in [4.69, 9.17) is 5.26 Å². The smallest absolute Gasteiger partial charge is 0.189 e. The van der Waals surface area contributed by atoms with Crippen molar-refractivity contribution in [3.63, 3.8) is 0 Å². The first-order valence-electron chi connectivity index (χ1n) is 5.07. The number of nitriles is 1. The van der Waals surface area contributed by atoms with Crippen LogP contribution in [0.2, 0.25) is 0 Å². The molecule has 1 aromatic heterocycles. The Balaban J connectivity index is 2.26. The van der Waals surface area contributed by atoms with Crippen LogP contribution in [0.15, 0.2) is 17.4 Å². The molecule has 5 heteroatoms. The van der Waals surface area contributed by atoms with Crippen LogP contribution in [0.4, 0.5) is 5.82 Å². The third kappa shape index (κ3) is 2.74. The van der Waals surface area contributed by atoms with Crippen LogP contribution in [0.25, 0.3) is 6.08 Å². The van der Waals surface area contributed by atoms with Crippen molar-refractivity contribution < 1.29 is 0 Å². The summed E-state index contributed by atoms with van der Waals surface area (Å²) in [5.41, 5.74) is 0.867. The van der Waals surface area contributed by atoms with Crippen LogP contribution in [0.5, 0.6) is 0 Å². The summed E-state index contributed by atoms with van der Waals surface area (Å²) in [7, 11) is 0. The fraction of sp³-hybridized carbons (Fsp3) is 0.364. The average Bonchev–Trinajstić information content (AvgIpc) is 3.11. The summed E-state index contributed by atoms with van der Waals surface area (Å²) in [5.74, 6) is 0.827. The molecular weight excluding hydrogens is 220 g/mol. The molecule has 1 aromatic rings. The number of nitrogens with one attached hydrogen (secondary N) is 1. The molecule has 4 nitrogen and oxygen atoms in total. The van der Waals surface area contributed by atoms with Gasteiger partial charge in [0.2, 0.25) is 0 Å². The SMILES string of the molecule is CSc1ncc(C=CC#N)c(NC2CC2)n1. The minimum absolute atomic E-state index is 0.541. The Labute approximate surface area is 98.8 Å². The molecule has 0 spiro atoms. The van der Waals surface area contributed by atoms with Gasteiger partial charge in [0.25, 0.3) is 0 Å². The van der Waals surface area contributed by atoms with Crippen LogP contribution in [0.3, 0.4) is 0 Å². The molecule has 1 heterocycles. The summed E-state index contributed by atoms with van der Waals surface area (Å²) in [6.45, 7) is 0. The van der Waals surface area contributed by atoms with E-state index in [2.05, 4.69) is 15.3 Å². The third-order valence-corrected chi connectivity index (χ3v) is 2.79. The first kappa shape index (κ1) is 11.0. The van der Waals surface area contributed by atoms with Crippen LogP contribution >= 0.6 is 11.8 Å². The fourth-order valence-corrected chi connectivity index (χ4v) is 1.60. The molecule has 0 aromatic carbocycles. The van der Waals surface area contributed by atoms with E-state index in [-0.39, 0.29) is 0 Å². The molecule has 0 saturated heterocycles. The van der Waals surface area contributed by atoms with Crippen molar-refractivity contribution in [2.45, 2.75) is 24.0 Å². The van der Waals surface area contributed by atoms with E-state index < -0.39 is 0 Å². The minimum atomic E-state index is 0.541. The first-order chi connectivity index (χ1) is 7.83. The van der Waals surface area contributed by atoms with Gasteiger partial charge in [-0.1, -0.05) is 11.8 Å². The lowest BCUT2D eigenvalue weighted by molar-refractivity contribution is 0.951. The maximum Gasteiger partial charge on any atom is 0.189 e. The Kier molecular flexibility index (Phi) is 3.42. The molecule has 0 atom stereocenters. The largest absolute Gasteiger partial charge is 0.367 e. The minimum Gasteiger partial charge on any atom is -0.367 e. The molecule has 1 saturated carbocycles. The van der Waals surface area contributed by atoms with Crippen molar-refractivity contribution in [3.05, 3.63) is 17.8 Å². The van der Waals surface area contributed by atoms with E-state index in [0.717, 1.165) is 16.5 Å². The summed E-state index contributed by atoms with van der Waals surface area (Å²) < 4.78 is 0. The predicted octanol–water partition coefficient (Wildman–Crippen LogP) is 2.31.